The lowest BCUT2D eigenvalue weighted by molar-refractivity contribution is -0.0628. The lowest BCUT2D eigenvalue weighted by Crippen LogP contribution is -2.44. The van der Waals surface area contributed by atoms with Crippen LogP contribution in [0.2, 0.25) is 5.02 Å². The number of halogens is 1. The molecule has 0 amide bonds. The number of hydrogen-bond donors (Lipinski definition) is 1. The summed E-state index contributed by atoms with van der Waals surface area (Å²) in [5.41, 5.74) is 1.17. The van der Waals surface area contributed by atoms with E-state index in [0.717, 1.165) is 30.9 Å². The molecule has 110 valence electrons. The molecule has 2 fully saturated rings. The molecule has 5 heteroatoms. The third-order valence-corrected chi connectivity index (χ3v) is 5.60. The highest BCUT2D eigenvalue weighted by atomic mass is 35.5. The quantitative estimate of drug-likeness (QED) is 0.919. The van der Waals surface area contributed by atoms with E-state index in [1.54, 1.807) is 7.11 Å². The lowest BCUT2D eigenvalue weighted by Gasteiger charge is -2.38. The first kappa shape index (κ1) is 14.4. The van der Waals surface area contributed by atoms with Gasteiger partial charge in [-0.15, -0.1) is 0 Å². The van der Waals surface area contributed by atoms with E-state index in [0.29, 0.717) is 16.8 Å². The Bertz CT molecular complexity index is 477. The average Bonchev–Trinajstić information content (AvgIpc) is 2.87. The van der Waals surface area contributed by atoms with Crippen molar-refractivity contribution in [2.24, 2.45) is 0 Å². The molecular formula is C15H20ClNO2S. The van der Waals surface area contributed by atoms with Crippen molar-refractivity contribution in [3.8, 4) is 5.75 Å². The zero-order chi connectivity index (χ0) is 14.0. The second-order valence-corrected chi connectivity index (χ2v) is 7.03. The number of anilines is 1. The van der Waals surface area contributed by atoms with Crippen molar-refractivity contribution in [2.75, 3.05) is 30.5 Å². The van der Waals surface area contributed by atoms with Gasteiger partial charge in [-0.2, -0.15) is 11.8 Å². The standard InChI is InChI=1S/C15H20ClNO2S/c1-18-14-3-2-11(8-13(14)16)17-12-4-6-19-15(9-12)5-7-20-10-15/h2-3,8,12,17H,4-7,9-10H2,1H3. The van der Waals surface area contributed by atoms with Gasteiger partial charge < -0.3 is 14.8 Å². The molecule has 2 unspecified atom stereocenters. The summed E-state index contributed by atoms with van der Waals surface area (Å²) in [4.78, 5) is 0. The SMILES string of the molecule is COc1ccc(NC2CCOC3(CCSC3)C2)cc1Cl. The minimum absolute atomic E-state index is 0.108. The topological polar surface area (TPSA) is 30.5 Å². The fraction of sp³-hybridized carbons (Fsp3) is 0.600. The minimum Gasteiger partial charge on any atom is -0.495 e. The van der Waals surface area contributed by atoms with E-state index in [9.17, 15) is 0 Å². The van der Waals surface area contributed by atoms with Crippen LogP contribution in [0.3, 0.4) is 0 Å². The van der Waals surface area contributed by atoms with Gasteiger partial charge >= 0.3 is 0 Å². The third-order valence-electron chi connectivity index (χ3n) is 4.08. The van der Waals surface area contributed by atoms with Gasteiger partial charge in [-0.1, -0.05) is 11.6 Å². The van der Waals surface area contributed by atoms with E-state index in [1.807, 2.05) is 30.0 Å². The molecule has 2 heterocycles. The van der Waals surface area contributed by atoms with Crippen LogP contribution in [-0.2, 0) is 4.74 Å². The van der Waals surface area contributed by atoms with Gasteiger partial charge in [0.2, 0.25) is 0 Å². The van der Waals surface area contributed by atoms with Gasteiger partial charge in [0.25, 0.3) is 0 Å². The Labute approximate surface area is 129 Å². The Morgan fingerprint density at radius 1 is 1.50 bits per heavy atom. The van der Waals surface area contributed by atoms with E-state index in [1.165, 1.54) is 12.2 Å². The Hall–Kier alpha value is -0.580. The molecule has 1 aromatic carbocycles. The maximum absolute atomic E-state index is 6.17. The molecule has 0 radical (unpaired) electrons. The largest absolute Gasteiger partial charge is 0.495 e. The summed E-state index contributed by atoms with van der Waals surface area (Å²) in [5.74, 6) is 3.07. The first-order chi connectivity index (χ1) is 9.71. The first-order valence-corrected chi connectivity index (χ1v) is 8.56. The van der Waals surface area contributed by atoms with E-state index in [4.69, 9.17) is 21.1 Å². The number of thioether (sulfide) groups is 1. The molecule has 1 N–H and O–H groups in total. The van der Waals surface area contributed by atoms with E-state index >= 15 is 0 Å². The highest BCUT2D eigenvalue weighted by Crippen LogP contribution is 2.39. The maximum atomic E-state index is 6.17. The summed E-state index contributed by atoms with van der Waals surface area (Å²) in [6.45, 7) is 0.849. The second kappa shape index (κ2) is 6.04. The van der Waals surface area contributed by atoms with Crippen LogP contribution >= 0.6 is 23.4 Å². The Kier molecular flexibility index (Phi) is 4.34. The van der Waals surface area contributed by atoms with Crippen molar-refractivity contribution in [3.05, 3.63) is 23.2 Å². The summed E-state index contributed by atoms with van der Waals surface area (Å²) in [5, 5.41) is 4.24. The molecule has 1 aromatic rings. The number of methoxy groups -OCH3 is 1. The average molecular weight is 314 g/mol. The molecule has 2 atom stereocenters. The summed E-state index contributed by atoms with van der Waals surface area (Å²) in [6.07, 6.45) is 3.32. The molecule has 3 nitrogen and oxygen atoms in total. The Balaban J connectivity index is 1.66. The normalized spacial score (nSPS) is 29.6. The number of hydrogen-bond acceptors (Lipinski definition) is 4. The molecule has 2 aliphatic heterocycles. The molecule has 1 spiro atoms. The summed E-state index contributed by atoms with van der Waals surface area (Å²) in [7, 11) is 1.63. The van der Waals surface area contributed by atoms with E-state index in [2.05, 4.69) is 5.32 Å². The van der Waals surface area contributed by atoms with Crippen molar-refractivity contribution in [1.29, 1.82) is 0 Å². The first-order valence-electron chi connectivity index (χ1n) is 7.03. The molecule has 20 heavy (non-hydrogen) atoms. The number of ether oxygens (including phenoxy) is 2. The minimum atomic E-state index is 0.108. The van der Waals surface area contributed by atoms with Crippen LogP contribution in [0.25, 0.3) is 0 Å². The van der Waals surface area contributed by atoms with Crippen LogP contribution in [-0.4, -0.2) is 36.9 Å². The third kappa shape index (κ3) is 3.02. The van der Waals surface area contributed by atoms with Crippen LogP contribution in [0.5, 0.6) is 5.75 Å². The predicted octanol–water partition coefficient (Wildman–Crippen LogP) is 3.82. The van der Waals surface area contributed by atoms with Crippen LogP contribution in [0.15, 0.2) is 18.2 Å². The van der Waals surface area contributed by atoms with Crippen molar-refractivity contribution < 1.29 is 9.47 Å². The molecule has 0 aliphatic carbocycles. The summed E-state index contributed by atoms with van der Waals surface area (Å²) < 4.78 is 11.2. The van der Waals surface area contributed by atoms with Crippen molar-refractivity contribution in [1.82, 2.24) is 0 Å². The summed E-state index contributed by atoms with van der Waals surface area (Å²) in [6, 6.07) is 6.33. The maximum Gasteiger partial charge on any atom is 0.137 e. The second-order valence-electron chi connectivity index (χ2n) is 5.52. The number of benzene rings is 1. The molecule has 2 aliphatic rings. The van der Waals surface area contributed by atoms with Gasteiger partial charge in [-0.05, 0) is 43.2 Å². The smallest absolute Gasteiger partial charge is 0.137 e. The molecular weight excluding hydrogens is 294 g/mol. The monoisotopic (exact) mass is 313 g/mol. The molecule has 2 saturated heterocycles. The van der Waals surface area contributed by atoms with Crippen LogP contribution < -0.4 is 10.1 Å². The van der Waals surface area contributed by atoms with Gasteiger partial charge in [0.05, 0.1) is 17.7 Å². The zero-order valence-corrected chi connectivity index (χ0v) is 13.2. The van der Waals surface area contributed by atoms with Crippen molar-refractivity contribution >= 4 is 29.1 Å². The molecule has 0 bridgehead atoms. The highest BCUT2D eigenvalue weighted by Gasteiger charge is 2.40. The van der Waals surface area contributed by atoms with Gasteiger partial charge in [-0.3, -0.25) is 0 Å². The molecule has 0 aromatic heterocycles. The fourth-order valence-corrected chi connectivity index (χ4v) is 4.64. The van der Waals surface area contributed by atoms with Gasteiger partial charge in [-0.25, -0.2) is 0 Å². The van der Waals surface area contributed by atoms with Gasteiger partial charge in [0.15, 0.2) is 0 Å². The molecule has 0 saturated carbocycles. The van der Waals surface area contributed by atoms with Crippen LogP contribution in [0, 0.1) is 0 Å². The summed E-state index contributed by atoms with van der Waals surface area (Å²) >= 11 is 8.18. The zero-order valence-electron chi connectivity index (χ0n) is 11.7. The number of rotatable bonds is 3. The predicted molar refractivity (Wildman–Crippen MR) is 85.3 cm³/mol. The van der Waals surface area contributed by atoms with Crippen molar-refractivity contribution in [3.63, 3.8) is 0 Å². The van der Waals surface area contributed by atoms with Gasteiger partial charge in [0, 0.05) is 24.1 Å². The van der Waals surface area contributed by atoms with E-state index in [-0.39, 0.29) is 5.60 Å². The van der Waals surface area contributed by atoms with E-state index < -0.39 is 0 Å². The van der Waals surface area contributed by atoms with Crippen molar-refractivity contribution in [2.45, 2.75) is 30.9 Å². The fourth-order valence-electron chi connectivity index (χ4n) is 3.01. The van der Waals surface area contributed by atoms with Crippen LogP contribution in [0.4, 0.5) is 5.69 Å². The van der Waals surface area contributed by atoms with Crippen LogP contribution in [0.1, 0.15) is 19.3 Å². The lowest BCUT2D eigenvalue weighted by atomic mass is 9.90. The van der Waals surface area contributed by atoms with Gasteiger partial charge in [0.1, 0.15) is 5.75 Å². The molecule has 3 rings (SSSR count). The number of nitrogens with one attached hydrogen (secondary N) is 1. The Morgan fingerprint density at radius 2 is 2.40 bits per heavy atom. The Morgan fingerprint density at radius 3 is 3.10 bits per heavy atom. The highest BCUT2D eigenvalue weighted by molar-refractivity contribution is 7.99.